The van der Waals surface area contributed by atoms with Gasteiger partial charge in [0.2, 0.25) is 5.91 Å². The number of aliphatic carboxylic acids is 1. The van der Waals surface area contributed by atoms with Gasteiger partial charge in [-0.05, 0) is 66.1 Å². The minimum atomic E-state index is -4.04. The van der Waals surface area contributed by atoms with Crippen LogP contribution in [0.25, 0.3) is 5.69 Å². The van der Waals surface area contributed by atoms with E-state index < -0.39 is 44.2 Å². The number of carboxylic acid groups (broad SMARTS) is 1. The van der Waals surface area contributed by atoms with Crippen LogP contribution in [-0.4, -0.2) is 62.9 Å². The number of pyridine rings is 1. The van der Waals surface area contributed by atoms with Gasteiger partial charge in [0.1, 0.15) is 11.9 Å². The molecule has 0 bridgehead atoms. The molecule has 9 nitrogen and oxygen atoms in total. The van der Waals surface area contributed by atoms with Crippen LogP contribution < -0.4 is 0 Å². The van der Waals surface area contributed by atoms with Gasteiger partial charge >= 0.3 is 5.97 Å². The number of amides is 1. The molecule has 2 fully saturated rings. The van der Waals surface area contributed by atoms with Gasteiger partial charge in [-0.15, -0.1) is 0 Å². The predicted octanol–water partition coefficient (Wildman–Crippen LogP) is 2.57. The SMILES string of the molecule is O=C(O)[C@@H]1C[C@@H](S(=O)(=O)c2ccccc2-n2cccn2)CN1C(=O)C1(c2ncc(I)cc2F)CC1. The lowest BCUT2D eigenvalue weighted by Gasteiger charge is -2.26. The van der Waals surface area contributed by atoms with Crippen LogP contribution in [0, 0.1) is 9.39 Å². The zero-order valence-electron chi connectivity index (χ0n) is 18.2. The molecule has 12 heteroatoms. The van der Waals surface area contributed by atoms with Crippen molar-refractivity contribution in [1.29, 1.82) is 0 Å². The summed E-state index contributed by atoms with van der Waals surface area (Å²) >= 11 is 1.91. The Balaban J connectivity index is 1.49. The van der Waals surface area contributed by atoms with Gasteiger partial charge in [-0.2, -0.15) is 5.10 Å². The molecule has 5 rings (SSSR count). The number of benzene rings is 1. The number of likely N-dealkylation sites (tertiary alicyclic amines) is 1. The first kappa shape index (κ1) is 23.9. The molecule has 1 aromatic carbocycles. The molecule has 2 atom stereocenters. The van der Waals surface area contributed by atoms with Crippen molar-refractivity contribution in [1.82, 2.24) is 19.7 Å². The Hall–Kier alpha value is -2.87. The number of hydrogen-bond donors (Lipinski definition) is 1. The van der Waals surface area contributed by atoms with Gasteiger partial charge in [-0.3, -0.25) is 9.78 Å². The number of carbonyl (C=O) groups excluding carboxylic acids is 1. The van der Waals surface area contributed by atoms with Crippen molar-refractivity contribution in [2.45, 2.75) is 40.9 Å². The molecule has 0 unspecified atom stereocenters. The first-order chi connectivity index (χ1) is 16.6. The van der Waals surface area contributed by atoms with Crippen LogP contribution in [0.2, 0.25) is 0 Å². The maximum Gasteiger partial charge on any atom is 0.326 e. The van der Waals surface area contributed by atoms with Crippen molar-refractivity contribution in [2.75, 3.05) is 6.54 Å². The van der Waals surface area contributed by atoms with Crippen LogP contribution in [0.15, 0.2) is 59.9 Å². The standard InChI is InChI=1S/C23H20FIN4O5S/c24-16-10-14(25)12-26-20(16)23(6-7-23)22(32)28-13-15(11-18(28)21(30)31)35(33,34)19-5-2-1-4-17(19)29-9-3-8-27-29/h1-5,8-10,12,15,18H,6-7,11,13H2,(H,30,31)/t15-,18+/m1/s1. The van der Waals surface area contributed by atoms with Crippen molar-refractivity contribution in [3.05, 3.63) is 70.1 Å². The van der Waals surface area contributed by atoms with Crippen molar-refractivity contribution in [2.24, 2.45) is 0 Å². The highest BCUT2D eigenvalue weighted by Crippen LogP contribution is 2.51. The highest BCUT2D eigenvalue weighted by atomic mass is 127. The highest BCUT2D eigenvalue weighted by molar-refractivity contribution is 14.1. The first-order valence-corrected chi connectivity index (χ1v) is 13.5. The zero-order valence-corrected chi connectivity index (χ0v) is 21.2. The Morgan fingerprint density at radius 3 is 2.57 bits per heavy atom. The predicted molar refractivity (Wildman–Crippen MR) is 130 cm³/mol. The lowest BCUT2D eigenvalue weighted by atomic mass is 9.98. The number of nitrogens with zero attached hydrogens (tertiary/aromatic N) is 4. The summed E-state index contributed by atoms with van der Waals surface area (Å²) in [5, 5.41) is 12.8. The molecule has 1 saturated heterocycles. The van der Waals surface area contributed by atoms with E-state index in [4.69, 9.17) is 0 Å². The van der Waals surface area contributed by atoms with Gasteiger partial charge in [0.15, 0.2) is 9.84 Å². The molecule has 1 aliphatic carbocycles. The number of carboxylic acids is 1. The van der Waals surface area contributed by atoms with Crippen molar-refractivity contribution in [3.63, 3.8) is 0 Å². The summed E-state index contributed by atoms with van der Waals surface area (Å²) in [5.41, 5.74) is -0.964. The molecule has 1 aliphatic heterocycles. The number of rotatable bonds is 6. The summed E-state index contributed by atoms with van der Waals surface area (Å²) in [6.45, 7) is -0.306. The molecule has 182 valence electrons. The van der Waals surface area contributed by atoms with E-state index in [0.717, 1.165) is 4.90 Å². The molecular formula is C23H20FIN4O5S. The highest BCUT2D eigenvalue weighted by Gasteiger charge is 2.59. The average Bonchev–Trinajstić information content (AvgIpc) is 3.23. The smallest absolute Gasteiger partial charge is 0.326 e. The molecule has 1 N–H and O–H groups in total. The van der Waals surface area contributed by atoms with E-state index in [0.29, 0.717) is 22.1 Å². The Morgan fingerprint density at radius 1 is 1.20 bits per heavy atom. The largest absolute Gasteiger partial charge is 0.480 e. The molecule has 1 amide bonds. The van der Waals surface area contributed by atoms with Crippen LogP contribution in [0.1, 0.15) is 25.0 Å². The van der Waals surface area contributed by atoms with Crippen LogP contribution in [0.5, 0.6) is 0 Å². The third-order valence-corrected chi connectivity index (χ3v) is 9.36. The normalized spacial score (nSPS) is 21.1. The maximum absolute atomic E-state index is 14.7. The summed E-state index contributed by atoms with van der Waals surface area (Å²) in [7, 11) is -4.04. The van der Waals surface area contributed by atoms with E-state index in [2.05, 4.69) is 10.1 Å². The topological polar surface area (TPSA) is 122 Å². The van der Waals surface area contributed by atoms with Crippen molar-refractivity contribution >= 4 is 44.3 Å². The second kappa shape index (κ2) is 8.66. The lowest BCUT2D eigenvalue weighted by molar-refractivity contribution is -0.149. The minimum absolute atomic E-state index is 0.00128. The van der Waals surface area contributed by atoms with Gasteiger partial charge in [0, 0.05) is 28.7 Å². The molecule has 3 heterocycles. The molecule has 0 spiro atoms. The van der Waals surface area contributed by atoms with Crippen molar-refractivity contribution < 1.29 is 27.5 Å². The fourth-order valence-electron chi connectivity index (χ4n) is 4.68. The summed E-state index contributed by atoms with van der Waals surface area (Å²) in [6.07, 6.45) is 4.95. The van der Waals surface area contributed by atoms with E-state index >= 15 is 0 Å². The number of aromatic nitrogens is 3. The Labute approximate surface area is 214 Å². The number of hydrogen-bond acceptors (Lipinski definition) is 6. The van der Waals surface area contributed by atoms with Gasteiger partial charge in [-0.1, -0.05) is 12.1 Å². The van der Waals surface area contributed by atoms with Gasteiger partial charge < -0.3 is 10.0 Å². The van der Waals surface area contributed by atoms with Gasteiger partial charge in [0.25, 0.3) is 0 Å². The average molecular weight is 610 g/mol. The Kier molecular flexibility index (Phi) is 5.90. The van der Waals surface area contributed by atoms with Crippen LogP contribution in [-0.2, 0) is 24.8 Å². The fourth-order valence-corrected chi connectivity index (χ4v) is 6.96. The lowest BCUT2D eigenvalue weighted by Crippen LogP contribution is -2.46. The molecule has 2 aliphatic rings. The minimum Gasteiger partial charge on any atom is -0.480 e. The number of para-hydroxylation sites is 1. The van der Waals surface area contributed by atoms with Crippen LogP contribution in [0.4, 0.5) is 4.39 Å². The van der Waals surface area contributed by atoms with E-state index in [9.17, 15) is 27.5 Å². The first-order valence-electron chi connectivity index (χ1n) is 10.8. The Bertz CT molecular complexity index is 1430. The number of carbonyl (C=O) groups is 2. The number of halogens is 2. The van der Waals surface area contributed by atoms with Crippen LogP contribution in [0.3, 0.4) is 0 Å². The van der Waals surface area contributed by atoms with Crippen molar-refractivity contribution in [3.8, 4) is 5.69 Å². The summed E-state index contributed by atoms with van der Waals surface area (Å²) in [4.78, 5) is 30.9. The van der Waals surface area contributed by atoms with Crippen LogP contribution >= 0.6 is 22.6 Å². The quantitative estimate of drug-likeness (QED) is 0.426. The molecule has 35 heavy (non-hydrogen) atoms. The summed E-state index contributed by atoms with van der Waals surface area (Å²) < 4.78 is 44.0. The molecule has 0 radical (unpaired) electrons. The zero-order chi connectivity index (χ0) is 25.0. The van der Waals surface area contributed by atoms with E-state index in [1.54, 1.807) is 30.5 Å². The molecule has 1 saturated carbocycles. The molecular weight excluding hydrogens is 590 g/mol. The third-order valence-electron chi connectivity index (χ3n) is 6.59. The van der Waals surface area contributed by atoms with Gasteiger partial charge in [-0.25, -0.2) is 22.3 Å². The Morgan fingerprint density at radius 2 is 1.94 bits per heavy atom. The second-order valence-electron chi connectivity index (χ2n) is 8.70. The summed E-state index contributed by atoms with van der Waals surface area (Å²) in [6, 6.07) is 7.90. The van der Waals surface area contributed by atoms with E-state index in [1.807, 2.05) is 22.6 Å². The number of sulfone groups is 1. The third kappa shape index (κ3) is 4.01. The second-order valence-corrected chi connectivity index (χ2v) is 12.1. The molecule has 2 aromatic heterocycles. The van der Waals surface area contributed by atoms with E-state index in [1.165, 1.54) is 29.2 Å². The van der Waals surface area contributed by atoms with E-state index in [-0.39, 0.29) is 23.6 Å². The maximum atomic E-state index is 14.7. The van der Waals surface area contributed by atoms with Gasteiger partial charge in [0.05, 0.1) is 26.9 Å². The molecule has 3 aromatic rings. The fraction of sp³-hybridized carbons (Fsp3) is 0.304. The monoisotopic (exact) mass is 610 g/mol. The summed E-state index contributed by atoms with van der Waals surface area (Å²) in [5.74, 6) is -2.54.